The van der Waals surface area contributed by atoms with Crippen LogP contribution in [0.2, 0.25) is 0 Å². The maximum atomic E-state index is 5.65. The van der Waals surface area contributed by atoms with Crippen LogP contribution in [-0.4, -0.2) is 22.1 Å². The number of hydrogen-bond acceptors (Lipinski definition) is 2. The highest BCUT2D eigenvalue weighted by Gasteiger charge is 2.25. The summed E-state index contributed by atoms with van der Waals surface area (Å²) in [6.45, 7) is 5.36. The number of hydrogen-bond donors (Lipinski definition) is 1. The largest absolute Gasteiger partial charge is 0.360 e. The summed E-state index contributed by atoms with van der Waals surface area (Å²) in [5, 5.41) is 6.57. The molecule has 4 heteroatoms. The van der Waals surface area contributed by atoms with Crippen molar-refractivity contribution in [3.05, 3.63) is 22.4 Å². The number of thiophene rings is 1. The van der Waals surface area contributed by atoms with Gasteiger partial charge in [-0.25, -0.2) is 0 Å². The summed E-state index contributed by atoms with van der Waals surface area (Å²) in [5.74, 6) is 0. The van der Waals surface area contributed by atoms with Crippen LogP contribution in [-0.2, 0) is 6.54 Å². The van der Waals surface area contributed by atoms with Crippen molar-refractivity contribution in [3.8, 4) is 0 Å². The van der Waals surface area contributed by atoms with Crippen molar-refractivity contribution < 1.29 is 0 Å². The van der Waals surface area contributed by atoms with Crippen molar-refractivity contribution in [1.82, 2.24) is 10.2 Å². The van der Waals surface area contributed by atoms with E-state index in [9.17, 15) is 0 Å². The van der Waals surface area contributed by atoms with Crippen molar-refractivity contribution in [1.29, 1.82) is 0 Å². The van der Waals surface area contributed by atoms with Gasteiger partial charge < -0.3 is 10.2 Å². The molecule has 0 amide bonds. The van der Waals surface area contributed by atoms with E-state index >= 15 is 0 Å². The van der Waals surface area contributed by atoms with Gasteiger partial charge in [-0.05, 0) is 49.9 Å². The molecule has 106 valence electrons. The highest BCUT2D eigenvalue weighted by atomic mass is 32.1. The maximum absolute atomic E-state index is 5.65. The van der Waals surface area contributed by atoms with Crippen molar-refractivity contribution in [2.45, 2.75) is 64.6 Å². The molecular weight excluding hydrogens is 272 g/mol. The molecule has 1 N–H and O–H groups in total. The molecule has 0 aliphatic heterocycles. The van der Waals surface area contributed by atoms with E-state index in [1.54, 1.807) is 0 Å². The minimum atomic E-state index is 0.458. The molecule has 1 saturated carbocycles. The summed E-state index contributed by atoms with van der Waals surface area (Å²) in [4.78, 5) is 3.82. The minimum Gasteiger partial charge on any atom is -0.360 e. The summed E-state index contributed by atoms with van der Waals surface area (Å²) in [7, 11) is 0. The van der Waals surface area contributed by atoms with E-state index in [4.69, 9.17) is 12.2 Å². The highest BCUT2D eigenvalue weighted by molar-refractivity contribution is 7.80. The van der Waals surface area contributed by atoms with Crippen LogP contribution in [0, 0.1) is 0 Å². The average molecular weight is 297 g/mol. The minimum absolute atomic E-state index is 0.458. The van der Waals surface area contributed by atoms with E-state index in [1.807, 2.05) is 11.3 Å². The lowest BCUT2D eigenvalue weighted by Gasteiger charge is -2.32. The Bertz CT molecular complexity index is 383. The Labute approximate surface area is 126 Å². The fourth-order valence-electron chi connectivity index (χ4n) is 2.55. The fraction of sp³-hybridized carbons (Fsp3) is 0.667. The normalized spacial score (nSPS) is 17.4. The first-order valence-corrected chi connectivity index (χ1v) is 8.59. The maximum Gasteiger partial charge on any atom is 0.169 e. The molecule has 2 nitrogen and oxygen atoms in total. The predicted octanol–water partition coefficient (Wildman–Crippen LogP) is 4.17. The molecule has 1 aromatic heterocycles. The Morgan fingerprint density at radius 3 is 2.84 bits per heavy atom. The monoisotopic (exact) mass is 296 g/mol. The topological polar surface area (TPSA) is 15.3 Å². The van der Waals surface area contributed by atoms with Gasteiger partial charge in [0.05, 0.1) is 6.54 Å². The van der Waals surface area contributed by atoms with Gasteiger partial charge in [0.1, 0.15) is 0 Å². The standard InChI is InChI=1S/C15H24N2S2/c1-3-12(2)16-15(18)17(13-7-4-5-8-13)11-14-9-6-10-19-14/h6,9-10,12-13H,3-5,7-8,11H2,1-2H3,(H,16,18). The third-order valence-corrected chi connectivity index (χ3v) is 5.13. The third kappa shape index (κ3) is 4.18. The van der Waals surface area contributed by atoms with E-state index in [0.717, 1.165) is 18.1 Å². The fourth-order valence-corrected chi connectivity index (χ4v) is 3.67. The van der Waals surface area contributed by atoms with Gasteiger partial charge >= 0.3 is 0 Å². The first-order valence-electron chi connectivity index (χ1n) is 7.30. The number of rotatable bonds is 5. The van der Waals surface area contributed by atoms with E-state index in [-0.39, 0.29) is 0 Å². The first-order chi connectivity index (χ1) is 9.20. The second-order valence-electron chi connectivity index (χ2n) is 5.40. The van der Waals surface area contributed by atoms with E-state index in [1.165, 1.54) is 30.6 Å². The third-order valence-electron chi connectivity index (χ3n) is 3.91. The summed E-state index contributed by atoms with van der Waals surface area (Å²) in [5.41, 5.74) is 0. The van der Waals surface area contributed by atoms with Crippen LogP contribution in [0.4, 0.5) is 0 Å². The van der Waals surface area contributed by atoms with E-state index in [0.29, 0.717) is 12.1 Å². The molecule has 1 atom stereocenters. The molecular formula is C15H24N2S2. The number of nitrogens with one attached hydrogen (secondary N) is 1. The Kier molecular flexibility index (Phi) is 5.64. The Hall–Kier alpha value is -0.610. The smallest absolute Gasteiger partial charge is 0.169 e. The van der Waals surface area contributed by atoms with Crippen molar-refractivity contribution in [3.63, 3.8) is 0 Å². The summed E-state index contributed by atoms with van der Waals surface area (Å²) < 4.78 is 0. The van der Waals surface area contributed by atoms with Crippen LogP contribution < -0.4 is 5.32 Å². The molecule has 1 aliphatic carbocycles. The van der Waals surface area contributed by atoms with Gasteiger partial charge in [0, 0.05) is 17.0 Å². The van der Waals surface area contributed by atoms with E-state index in [2.05, 4.69) is 41.6 Å². The molecule has 1 heterocycles. The Morgan fingerprint density at radius 1 is 1.53 bits per heavy atom. The lowest BCUT2D eigenvalue weighted by Crippen LogP contribution is -2.47. The molecule has 1 aromatic rings. The van der Waals surface area contributed by atoms with Crippen molar-refractivity contribution >= 4 is 28.7 Å². The molecule has 19 heavy (non-hydrogen) atoms. The van der Waals surface area contributed by atoms with Gasteiger partial charge in [0.15, 0.2) is 5.11 Å². The molecule has 1 fully saturated rings. The quantitative estimate of drug-likeness (QED) is 0.821. The van der Waals surface area contributed by atoms with Crippen LogP contribution in [0.5, 0.6) is 0 Å². The summed E-state index contributed by atoms with van der Waals surface area (Å²) >= 11 is 7.47. The highest BCUT2D eigenvalue weighted by Crippen LogP contribution is 2.26. The molecule has 0 aromatic carbocycles. The molecule has 0 bridgehead atoms. The molecule has 2 rings (SSSR count). The molecule has 0 radical (unpaired) electrons. The molecule has 1 unspecified atom stereocenters. The van der Waals surface area contributed by atoms with E-state index < -0.39 is 0 Å². The second kappa shape index (κ2) is 7.25. The average Bonchev–Trinajstić information content (AvgIpc) is 3.08. The SMILES string of the molecule is CCC(C)NC(=S)N(Cc1cccs1)C1CCCC1. The zero-order valence-electron chi connectivity index (χ0n) is 11.9. The number of thiocarbonyl (C=S) groups is 1. The Balaban J connectivity index is 2.02. The molecule has 0 saturated heterocycles. The zero-order chi connectivity index (χ0) is 13.7. The van der Waals surface area contributed by atoms with Gasteiger partial charge in [0.2, 0.25) is 0 Å². The van der Waals surface area contributed by atoms with Gasteiger partial charge in [-0.2, -0.15) is 0 Å². The second-order valence-corrected chi connectivity index (χ2v) is 6.82. The first kappa shape index (κ1) is 14.8. The van der Waals surface area contributed by atoms with Crippen LogP contribution in [0.15, 0.2) is 17.5 Å². The van der Waals surface area contributed by atoms with Crippen LogP contribution in [0.1, 0.15) is 50.8 Å². The van der Waals surface area contributed by atoms with Gasteiger partial charge in [-0.1, -0.05) is 25.8 Å². The van der Waals surface area contributed by atoms with Gasteiger partial charge in [0.25, 0.3) is 0 Å². The Morgan fingerprint density at radius 2 is 2.26 bits per heavy atom. The summed E-state index contributed by atoms with van der Waals surface area (Å²) in [6, 6.07) is 5.42. The molecule has 0 spiro atoms. The summed E-state index contributed by atoms with van der Waals surface area (Å²) in [6.07, 6.45) is 6.37. The lowest BCUT2D eigenvalue weighted by atomic mass is 10.2. The predicted molar refractivity (Wildman–Crippen MR) is 87.6 cm³/mol. The van der Waals surface area contributed by atoms with Gasteiger partial charge in [-0.3, -0.25) is 0 Å². The van der Waals surface area contributed by atoms with Crippen molar-refractivity contribution in [2.24, 2.45) is 0 Å². The molecule has 1 aliphatic rings. The van der Waals surface area contributed by atoms with Crippen LogP contribution in [0.25, 0.3) is 0 Å². The lowest BCUT2D eigenvalue weighted by molar-refractivity contribution is 0.302. The van der Waals surface area contributed by atoms with Gasteiger partial charge in [-0.15, -0.1) is 11.3 Å². The van der Waals surface area contributed by atoms with Crippen LogP contribution in [0.3, 0.4) is 0 Å². The van der Waals surface area contributed by atoms with Crippen LogP contribution >= 0.6 is 23.6 Å². The number of nitrogens with zero attached hydrogens (tertiary/aromatic N) is 1. The van der Waals surface area contributed by atoms with Crippen molar-refractivity contribution in [2.75, 3.05) is 0 Å². The zero-order valence-corrected chi connectivity index (χ0v) is 13.5.